The molecule has 0 spiro atoms. The molecule has 0 saturated heterocycles. The van der Waals surface area contributed by atoms with Gasteiger partial charge < -0.3 is 14.8 Å². The predicted octanol–water partition coefficient (Wildman–Crippen LogP) is 2.77. The van der Waals surface area contributed by atoms with E-state index in [0.717, 1.165) is 23.3 Å². The Hall–Kier alpha value is -2.82. The molecule has 0 radical (unpaired) electrons. The molecule has 2 aromatic carbocycles. The van der Waals surface area contributed by atoms with Crippen molar-refractivity contribution in [1.82, 2.24) is 5.32 Å². The number of carbonyl (C=O) groups excluding carboxylic acids is 2. The Morgan fingerprint density at radius 1 is 0.880 bits per heavy atom. The largest absolute Gasteiger partial charge is 0.497 e. The monoisotopic (exact) mass is 341 g/mol. The molecule has 0 aromatic heterocycles. The van der Waals surface area contributed by atoms with Gasteiger partial charge in [0.1, 0.15) is 5.75 Å². The molecular formula is C20H23NO4. The number of amides is 1. The van der Waals surface area contributed by atoms with Gasteiger partial charge in [0.15, 0.2) is 0 Å². The number of esters is 1. The second kappa shape index (κ2) is 9.47. The highest BCUT2D eigenvalue weighted by atomic mass is 16.5. The molecule has 1 amide bonds. The molecule has 0 saturated carbocycles. The summed E-state index contributed by atoms with van der Waals surface area (Å²) in [5, 5.41) is 2.91. The van der Waals surface area contributed by atoms with E-state index in [2.05, 4.69) is 10.1 Å². The summed E-state index contributed by atoms with van der Waals surface area (Å²) >= 11 is 0. The SMILES string of the molecule is COC(=O)CCc1ccc(CCNC(=O)c2ccc(OC)cc2)cc1. The first kappa shape index (κ1) is 18.5. The van der Waals surface area contributed by atoms with Crippen LogP contribution in [0.25, 0.3) is 0 Å². The van der Waals surface area contributed by atoms with Gasteiger partial charge >= 0.3 is 5.97 Å². The van der Waals surface area contributed by atoms with Crippen LogP contribution in [0, 0.1) is 0 Å². The zero-order chi connectivity index (χ0) is 18.1. The second-order valence-electron chi connectivity index (χ2n) is 5.63. The van der Waals surface area contributed by atoms with Gasteiger partial charge in [0.25, 0.3) is 5.91 Å². The van der Waals surface area contributed by atoms with Crippen molar-refractivity contribution in [3.05, 3.63) is 65.2 Å². The van der Waals surface area contributed by atoms with Crippen LogP contribution in [0.3, 0.4) is 0 Å². The zero-order valence-corrected chi connectivity index (χ0v) is 14.6. The van der Waals surface area contributed by atoms with E-state index in [-0.39, 0.29) is 11.9 Å². The normalized spacial score (nSPS) is 10.2. The lowest BCUT2D eigenvalue weighted by Gasteiger charge is -2.07. The Kier molecular flexibility index (Phi) is 7.01. The summed E-state index contributed by atoms with van der Waals surface area (Å²) < 4.78 is 9.71. The van der Waals surface area contributed by atoms with E-state index in [0.29, 0.717) is 24.9 Å². The van der Waals surface area contributed by atoms with Gasteiger partial charge in [-0.2, -0.15) is 0 Å². The molecule has 25 heavy (non-hydrogen) atoms. The van der Waals surface area contributed by atoms with Gasteiger partial charge in [0.05, 0.1) is 14.2 Å². The number of aryl methyl sites for hydroxylation is 1. The smallest absolute Gasteiger partial charge is 0.305 e. The maximum Gasteiger partial charge on any atom is 0.305 e. The Morgan fingerprint density at radius 3 is 2.04 bits per heavy atom. The summed E-state index contributed by atoms with van der Waals surface area (Å²) in [7, 11) is 2.99. The lowest BCUT2D eigenvalue weighted by atomic mass is 10.1. The molecule has 0 unspecified atom stereocenters. The first-order chi connectivity index (χ1) is 12.1. The molecule has 0 atom stereocenters. The van der Waals surface area contributed by atoms with Crippen LogP contribution in [0.5, 0.6) is 5.75 Å². The molecule has 0 aliphatic heterocycles. The lowest BCUT2D eigenvalue weighted by Crippen LogP contribution is -2.25. The summed E-state index contributed by atoms with van der Waals surface area (Å²) in [4.78, 5) is 23.2. The number of carbonyl (C=O) groups is 2. The Balaban J connectivity index is 1.77. The van der Waals surface area contributed by atoms with E-state index in [1.54, 1.807) is 31.4 Å². The van der Waals surface area contributed by atoms with Crippen LogP contribution in [0.2, 0.25) is 0 Å². The third-order valence-corrected chi connectivity index (χ3v) is 3.92. The Bertz CT molecular complexity index is 693. The molecule has 5 heteroatoms. The maximum absolute atomic E-state index is 12.1. The average molecular weight is 341 g/mol. The minimum absolute atomic E-state index is 0.0997. The minimum Gasteiger partial charge on any atom is -0.497 e. The first-order valence-electron chi connectivity index (χ1n) is 8.19. The molecule has 2 aromatic rings. The van der Waals surface area contributed by atoms with Crippen molar-refractivity contribution < 1.29 is 19.1 Å². The molecular weight excluding hydrogens is 318 g/mol. The van der Waals surface area contributed by atoms with E-state index >= 15 is 0 Å². The van der Waals surface area contributed by atoms with E-state index in [9.17, 15) is 9.59 Å². The molecule has 5 nitrogen and oxygen atoms in total. The zero-order valence-electron chi connectivity index (χ0n) is 14.6. The van der Waals surface area contributed by atoms with Gasteiger partial charge in [-0.25, -0.2) is 0 Å². The number of methoxy groups -OCH3 is 2. The van der Waals surface area contributed by atoms with Crippen LogP contribution in [0.4, 0.5) is 0 Å². The summed E-state index contributed by atoms with van der Waals surface area (Å²) in [6.45, 7) is 0.562. The van der Waals surface area contributed by atoms with Gasteiger partial charge in [-0.15, -0.1) is 0 Å². The van der Waals surface area contributed by atoms with Gasteiger partial charge in [0.2, 0.25) is 0 Å². The fourth-order valence-electron chi connectivity index (χ4n) is 2.39. The van der Waals surface area contributed by atoms with E-state index in [4.69, 9.17) is 4.74 Å². The van der Waals surface area contributed by atoms with Crippen molar-refractivity contribution in [2.75, 3.05) is 20.8 Å². The number of ether oxygens (including phenoxy) is 2. The number of hydrogen-bond donors (Lipinski definition) is 1. The fourth-order valence-corrected chi connectivity index (χ4v) is 2.39. The van der Waals surface area contributed by atoms with Gasteiger partial charge in [-0.3, -0.25) is 9.59 Å². The van der Waals surface area contributed by atoms with Crippen LogP contribution in [-0.2, 0) is 22.4 Å². The highest BCUT2D eigenvalue weighted by Gasteiger charge is 2.05. The molecule has 0 heterocycles. The summed E-state index contributed by atoms with van der Waals surface area (Å²) in [6.07, 6.45) is 1.80. The number of hydrogen-bond acceptors (Lipinski definition) is 4. The van der Waals surface area contributed by atoms with Crippen molar-refractivity contribution in [3.63, 3.8) is 0 Å². The van der Waals surface area contributed by atoms with Crippen molar-refractivity contribution in [3.8, 4) is 5.75 Å². The van der Waals surface area contributed by atoms with Crippen LogP contribution in [-0.4, -0.2) is 32.6 Å². The topological polar surface area (TPSA) is 64.6 Å². The molecule has 132 valence electrons. The van der Waals surface area contributed by atoms with Crippen LogP contribution in [0.1, 0.15) is 27.9 Å². The number of nitrogens with one attached hydrogen (secondary N) is 1. The first-order valence-corrected chi connectivity index (χ1v) is 8.19. The van der Waals surface area contributed by atoms with Gasteiger partial charge in [-0.1, -0.05) is 24.3 Å². The Labute approximate surface area is 148 Å². The summed E-state index contributed by atoms with van der Waals surface area (Å²) in [5.74, 6) is 0.423. The average Bonchev–Trinajstić information content (AvgIpc) is 2.67. The minimum atomic E-state index is -0.203. The lowest BCUT2D eigenvalue weighted by molar-refractivity contribution is -0.140. The summed E-state index contributed by atoms with van der Waals surface area (Å²) in [5.41, 5.74) is 2.84. The second-order valence-corrected chi connectivity index (χ2v) is 5.63. The molecule has 2 rings (SSSR count). The fraction of sp³-hybridized carbons (Fsp3) is 0.300. The maximum atomic E-state index is 12.1. The van der Waals surface area contributed by atoms with E-state index in [1.807, 2.05) is 24.3 Å². The third kappa shape index (κ3) is 5.95. The molecule has 0 aliphatic rings. The van der Waals surface area contributed by atoms with Crippen LogP contribution < -0.4 is 10.1 Å². The highest BCUT2D eigenvalue weighted by Crippen LogP contribution is 2.11. The van der Waals surface area contributed by atoms with Gasteiger partial charge in [0, 0.05) is 18.5 Å². The standard InChI is InChI=1S/C20H23NO4/c1-24-18-10-8-17(9-11-18)20(23)21-14-13-16-5-3-15(4-6-16)7-12-19(22)25-2/h3-6,8-11H,7,12-14H2,1-2H3,(H,21,23). The van der Waals surface area contributed by atoms with E-state index < -0.39 is 0 Å². The number of rotatable bonds is 8. The third-order valence-electron chi connectivity index (χ3n) is 3.92. The highest BCUT2D eigenvalue weighted by molar-refractivity contribution is 5.94. The Morgan fingerprint density at radius 2 is 1.48 bits per heavy atom. The molecule has 0 fully saturated rings. The quantitative estimate of drug-likeness (QED) is 0.750. The van der Waals surface area contributed by atoms with Gasteiger partial charge in [-0.05, 0) is 48.2 Å². The van der Waals surface area contributed by atoms with Crippen LogP contribution >= 0.6 is 0 Å². The van der Waals surface area contributed by atoms with Crippen molar-refractivity contribution in [2.45, 2.75) is 19.3 Å². The van der Waals surface area contributed by atoms with E-state index in [1.165, 1.54) is 7.11 Å². The van der Waals surface area contributed by atoms with Crippen molar-refractivity contribution in [1.29, 1.82) is 0 Å². The summed E-state index contributed by atoms with van der Waals surface area (Å²) in [6, 6.07) is 15.1. The molecule has 0 bridgehead atoms. The molecule has 1 N–H and O–H groups in total. The number of benzene rings is 2. The van der Waals surface area contributed by atoms with Crippen molar-refractivity contribution >= 4 is 11.9 Å². The molecule has 0 aliphatic carbocycles. The van der Waals surface area contributed by atoms with Crippen molar-refractivity contribution in [2.24, 2.45) is 0 Å². The van der Waals surface area contributed by atoms with Crippen LogP contribution in [0.15, 0.2) is 48.5 Å². The predicted molar refractivity (Wildman–Crippen MR) is 95.8 cm³/mol.